The second-order valence-corrected chi connectivity index (χ2v) is 6.66. The van der Waals surface area contributed by atoms with Crippen LogP contribution in [0.15, 0.2) is 47.0 Å². The number of fused-ring (bicyclic) bond motifs is 1. The van der Waals surface area contributed by atoms with Gasteiger partial charge in [-0.3, -0.25) is 14.8 Å². The normalized spacial score (nSPS) is 16.9. The van der Waals surface area contributed by atoms with E-state index in [1.54, 1.807) is 6.20 Å². The standard InChI is InChI=1S/C19H19F3N4O/c20-19(21,22)14-4-5-17-16(11-14)24-18(27-17)13-26-9-7-25(8-10-26)12-15-3-1-2-6-23-15/h1-6,11H,7-10,12-13H2. The molecule has 0 saturated carbocycles. The lowest BCUT2D eigenvalue weighted by atomic mass is 10.2. The highest BCUT2D eigenvalue weighted by Crippen LogP contribution is 2.31. The molecule has 3 aromatic rings. The lowest BCUT2D eigenvalue weighted by Crippen LogP contribution is -2.45. The number of hydrogen-bond donors (Lipinski definition) is 0. The fourth-order valence-corrected chi connectivity index (χ4v) is 3.24. The molecular formula is C19H19F3N4O. The lowest BCUT2D eigenvalue weighted by Gasteiger charge is -2.33. The molecule has 1 aliphatic rings. The van der Waals surface area contributed by atoms with E-state index in [-0.39, 0.29) is 5.52 Å². The van der Waals surface area contributed by atoms with Gasteiger partial charge in [-0.05, 0) is 30.3 Å². The molecule has 0 amide bonds. The molecule has 8 heteroatoms. The third-order valence-corrected chi connectivity index (χ3v) is 4.69. The molecule has 1 saturated heterocycles. The number of benzene rings is 1. The van der Waals surface area contributed by atoms with Crippen molar-refractivity contribution in [3.8, 4) is 0 Å². The third kappa shape index (κ3) is 4.28. The minimum Gasteiger partial charge on any atom is -0.439 e. The first kappa shape index (κ1) is 17.9. The van der Waals surface area contributed by atoms with Crippen molar-refractivity contribution in [3.05, 3.63) is 59.7 Å². The molecule has 0 radical (unpaired) electrons. The highest BCUT2D eigenvalue weighted by atomic mass is 19.4. The Morgan fingerprint density at radius 1 is 0.963 bits per heavy atom. The first-order valence-electron chi connectivity index (χ1n) is 8.79. The van der Waals surface area contributed by atoms with Gasteiger partial charge in [0.2, 0.25) is 5.89 Å². The van der Waals surface area contributed by atoms with Crippen LogP contribution >= 0.6 is 0 Å². The van der Waals surface area contributed by atoms with Crippen LogP contribution in [0.1, 0.15) is 17.1 Å². The summed E-state index contributed by atoms with van der Waals surface area (Å²) in [4.78, 5) is 13.1. The first-order valence-corrected chi connectivity index (χ1v) is 8.79. The van der Waals surface area contributed by atoms with Crippen molar-refractivity contribution in [2.75, 3.05) is 26.2 Å². The number of alkyl halides is 3. The molecule has 4 rings (SSSR count). The Balaban J connectivity index is 1.36. The molecule has 0 unspecified atom stereocenters. The molecule has 2 aromatic heterocycles. The lowest BCUT2D eigenvalue weighted by molar-refractivity contribution is -0.137. The molecule has 0 spiro atoms. The van der Waals surface area contributed by atoms with Crippen LogP contribution in [0.25, 0.3) is 11.1 Å². The number of pyridine rings is 1. The zero-order valence-electron chi connectivity index (χ0n) is 14.6. The van der Waals surface area contributed by atoms with E-state index in [0.717, 1.165) is 50.6 Å². The van der Waals surface area contributed by atoms with Crippen molar-refractivity contribution >= 4 is 11.1 Å². The van der Waals surface area contributed by atoms with Crippen LogP contribution < -0.4 is 0 Å². The van der Waals surface area contributed by atoms with Gasteiger partial charge in [0, 0.05) is 38.9 Å². The van der Waals surface area contributed by atoms with Gasteiger partial charge in [0.15, 0.2) is 5.58 Å². The fraction of sp³-hybridized carbons (Fsp3) is 0.368. The molecule has 1 aliphatic heterocycles. The second-order valence-electron chi connectivity index (χ2n) is 6.66. The van der Waals surface area contributed by atoms with Crippen LogP contribution in [0.4, 0.5) is 13.2 Å². The Bertz CT molecular complexity index is 902. The van der Waals surface area contributed by atoms with Gasteiger partial charge >= 0.3 is 6.18 Å². The average Bonchev–Trinajstić information content (AvgIpc) is 3.05. The predicted molar refractivity (Wildman–Crippen MR) is 93.8 cm³/mol. The van der Waals surface area contributed by atoms with E-state index >= 15 is 0 Å². The minimum atomic E-state index is -4.38. The third-order valence-electron chi connectivity index (χ3n) is 4.69. The van der Waals surface area contributed by atoms with E-state index in [9.17, 15) is 13.2 Å². The van der Waals surface area contributed by atoms with Gasteiger partial charge in [-0.25, -0.2) is 4.98 Å². The topological polar surface area (TPSA) is 45.4 Å². The van der Waals surface area contributed by atoms with E-state index in [0.29, 0.717) is 18.0 Å². The van der Waals surface area contributed by atoms with E-state index in [4.69, 9.17) is 4.42 Å². The Labute approximate surface area is 154 Å². The summed E-state index contributed by atoms with van der Waals surface area (Å²) < 4.78 is 44.1. The van der Waals surface area contributed by atoms with Gasteiger partial charge in [0.25, 0.3) is 0 Å². The van der Waals surface area contributed by atoms with Crippen molar-refractivity contribution in [2.24, 2.45) is 0 Å². The Kier molecular flexibility index (Phi) is 4.84. The zero-order valence-corrected chi connectivity index (χ0v) is 14.6. The summed E-state index contributed by atoms with van der Waals surface area (Å²) in [6.07, 6.45) is -2.58. The maximum Gasteiger partial charge on any atom is 0.416 e. The quantitative estimate of drug-likeness (QED) is 0.697. The van der Waals surface area contributed by atoms with Gasteiger partial charge < -0.3 is 4.42 Å². The van der Waals surface area contributed by atoms with E-state index in [1.165, 1.54) is 6.07 Å². The predicted octanol–water partition coefficient (Wildman–Crippen LogP) is 3.56. The first-order chi connectivity index (χ1) is 13.0. The number of halogens is 3. The van der Waals surface area contributed by atoms with E-state index in [2.05, 4.69) is 19.8 Å². The van der Waals surface area contributed by atoms with Gasteiger partial charge in [-0.2, -0.15) is 13.2 Å². The number of rotatable bonds is 4. The van der Waals surface area contributed by atoms with Crippen LogP contribution in [0.2, 0.25) is 0 Å². The second kappa shape index (κ2) is 7.28. The van der Waals surface area contributed by atoms with Crippen molar-refractivity contribution in [1.29, 1.82) is 0 Å². The van der Waals surface area contributed by atoms with Gasteiger partial charge in [-0.15, -0.1) is 0 Å². The summed E-state index contributed by atoms with van der Waals surface area (Å²) >= 11 is 0. The highest BCUT2D eigenvalue weighted by molar-refractivity contribution is 5.73. The summed E-state index contributed by atoms with van der Waals surface area (Å²) in [5.74, 6) is 0.447. The van der Waals surface area contributed by atoms with Crippen molar-refractivity contribution < 1.29 is 17.6 Å². The van der Waals surface area contributed by atoms with Crippen molar-refractivity contribution in [1.82, 2.24) is 19.8 Å². The Morgan fingerprint density at radius 2 is 1.70 bits per heavy atom. The molecule has 1 fully saturated rings. The van der Waals surface area contributed by atoms with Gasteiger partial charge in [0.05, 0.1) is 17.8 Å². The molecule has 142 valence electrons. The number of aromatic nitrogens is 2. The molecule has 0 aliphatic carbocycles. The smallest absolute Gasteiger partial charge is 0.416 e. The molecular weight excluding hydrogens is 357 g/mol. The number of hydrogen-bond acceptors (Lipinski definition) is 5. The number of oxazole rings is 1. The minimum absolute atomic E-state index is 0.244. The maximum atomic E-state index is 12.8. The molecule has 1 aromatic carbocycles. The van der Waals surface area contributed by atoms with Crippen molar-refractivity contribution in [2.45, 2.75) is 19.3 Å². The van der Waals surface area contributed by atoms with Crippen LogP contribution in [-0.2, 0) is 19.3 Å². The molecule has 0 atom stereocenters. The highest BCUT2D eigenvalue weighted by Gasteiger charge is 2.31. The molecule has 5 nitrogen and oxygen atoms in total. The summed E-state index contributed by atoms with van der Waals surface area (Å²) in [5.41, 5.74) is 0.962. The van der Waals surface area contributed by atoms with E-state index in [1.807, 2.05) is 18.2 Å². The SMILES string of the molecule is FC(F)(F)c1ccc2oc(CN3CCN(Cc4ccccn4)CC3)nc2c1. The van der Waals surface area contributed by atoms with Crippen LogP contribution in [0, 0.1) is 0 Å². The Hall–Kier alpha value is -2.45. The maximum absolute atomic E-state index is 12.8. The van der Waals surface area contributed by atoms with Crippen LogP contribution in [-0.4, -0.2) is 45.9 Å². The molecule has 3 heterocycles. The molecule has 0 N–H and O–H groups in total. The van der Waals surface area contributed by atoms with Gasteiger partial charge in [0.1, 0.15) is 5.52 Å². The van der Waals surface area contributed by atoms with Crippen LogP contribution in [0.3, 0.4) is 0 Å². The summed E-state index contributed by atoms with van der Waals surface area (Å²) in [5, 5.41) is 0. The summed E-state index contributed by atoms with van der Waals surface area (Å²) in [6, 6.07) is 9.29. The fourth-order valence-electron chi connectivity index (χ4n) is 3.24. The largest absolute Gasteiger partial charge is 0.439 e. The molecule has 27 heavy (non-hydrogen) atoms. The Morgan fingerprint density at radius 3 is 2.37 bits per heavy atom. The number of piperazine rings is 1. The summed E-state index contributed by atoms with van der Waals surface area (Å²) in [6.45, 7) is 4.80. The van der Waals surface area contributed by atoms with Crippen LogP contribution in [0.5, 0.6) is 0 Å². The zero-order chi connectivity index (χ0) is 18.9. The monoisotopic (exact) mass is 376 g/mol. The van der Waals surface area contributed by atoms with Crippen molar-refractivity contribution in [3.63, 3.8) is 0 Å². The molecule has 0 bridgehead atoms. The number of nitrogens with zero attached hydrogens (tertiary/aromatic N) is 4. The van der Waals surface area contributed by atoms with Gasteiger partial charge in [-0.1, -0.05) is 6.07 Å². The summed E-state index contributed by atoms with van der Waals surface area (Å²) in [7, 11) is 0. The average molecular weight is 376 g/mol. The van der Waals surface area contributed by atoms with E-state index < -0.39 is 11.7 Å².